The summed E-state index contributed by atoms with van der Waals surface area (Å²) in [6, 6.07) is 7.12. The second kappa shape index (κ2) is 4.27. The Morgan fingerprint density at radius 3 is 2.44 bits per heavy atom. The van der Waals surface area contributed by atoms with Crippen LogP contribution in [0, 0.1) is 0 Å². The van der Waals surface area contributed by atoms with E-state index in [2.05, 4.69) is 4.99 Å². The highest BCUT2D eigenvalue weighted by atomic mass is 35.5. The van der Waals surface area contributed by atoms with Crippen LogP contribution in [0.2, 0.25) is 5.02 Å². The summed E-state index contributed by atoms with van der Waals surface area (Å²) in [5.74, 6) is 0. The Balaban J connectivity index is 2.66. The van der Waals surface area contributed by atoms with Gasteiger partial charge in [0.2, 0.25) is 4.80 Å². The highest BCUT2D eigenvalue weighted by molar-refractivity contribution is 7.03. The Morgan fingerprint density at radius 2 is 1.94 bits per heavy atom. The third kappa shape index (κ3) is 1.83. The number of nitrogens with zero attached hydrogens (tertiary/aromatic N) is 3. The molecule has 1 aromatic carbocycles. The standard InChI is InChI=1S/C10H10ClN3OS/c1-12-9-13(2)10(15)14(16-9)8-5-3-7(11)4-6-8/h3-6H,1-2H3. The molecule has 0 spiro atoms. The lowest BCUT2D eigenvalue weighted by molar-refractivity contribution is 0.788. The number of hydrogen-bond acceptors (Lipinski definition) is 3. The fourth-order valence-corrected chi connectivity index (χ4v) is 2.33. The number of halogens is 1. The molecule has 4 nitrogen and oxygen atoms in total. The van der Waals surface area contributed by atoms with Crippen molar-refractivity contribution in [1.82, 2.24) is 8.52 Å². The molecule has 16 heavy (non-hydrogen) atoms. The first-order chi connectivity index (χ1) is 7.63. The predicted molar refractivity (Wildman–Crippen MR) is 65.4 cm³/mol. The van der Waals surface area contributed by atoms with Crippen LogP contribution in [0.1, 0.15) is 0 Å². The minimum atomic E-state index is -0.104. The number of hydrogen-bond donors (Lipinski definition) is 0. The van der Waals surface area contributed by atoms with Crippen molar-refractivity contribution in [3.05, 3.63) is 44.6 Å². The zero-order valence-corrected chi connectivity index (χ0v) is 10.4. The minimum absolute atomic E-state index is 0.104. The summed E-state index contributed by atoms with van der Waals surface area (Å²) < 4.78 is 3.10. The molecule has 1 aromatic heterocycles. The summed E-state index contributed by atoms with van der Waals surface area (Å²) in [5.41, 5.74) is 0.692. The van der Waals surface area contributed by atoms with Gasteiger partial charge in [-0.2, -0.15) is 0 Å². The molecular formula is C10H10ClN3OS. The monoisotopic (exact) mass is 255 g/mol. The molecule has 0 saturated carbocycles. The molecule has 0 atom stereocenters. The smallest absolute Gasteiger partial charge is 0.271 e. The molecule has 0 bridgehead atoms. The van der Waals surface area contributed by atoms with E-state index in [1.807, 2.05) is 0 Å². The van der Waals surface area contributed by atoms with E-state index in [4.69, 9.17) is 11.6 Å². The first-order valence-corrected chi connectivity index (χ1v) is 5.76. The van der Waals surface area contributed by atoms with Gasteiger partial charge < -0.3 is 0 Å². The summed E-state index contributed by atoms with van der Waals surface area (Å²) in [7, 11) is 3.37. The largest absolute Gasteiger partial charge is 0.344 e. The molecule has 0 unspecified atom stereocenters. The number of aromatic nitrogens is 2. The van der Waals surface area contributed by atoms with Gasteiger partial charge in [-0.25, -0.2) is 8.75 Å². The van der Waals surface area contributed by atoms with Crippen LogP contribution in [0.4, 0.5) is 0 Å². The average molecular weight is 256 g/mol. The zero-order valence-electron chi connectivity index (χ0n) is 8.85. The summed E-state index contributed by atoms with van der Waals surface area (Å²) in [5, 5.41) is 0.651. The van der Waals surface area contributed by atoms with Crippen LogP contribution in [-0.2, 0) is 7.05 Å². The summed E-state index contributed by atoms with van der Waals surface area (Å²) in [6.07, 6.45) is 0. The molecule has 0 saturated heterocycles. The Hall–Kier alpha value is -1.33. The molecule has 6 heteroatoms. The van der Waals surface area contributed by atoms with Gasteiger partial charge >= 0.3 is 5.69 Å². The summed E-state index contributed by atoms with van der Waals surface area (Å²) in [6.45, 7) is 0. The molecule has 84 valence electrons. The Kier molecular flexibility index (Phi) is 2.98. The van der Waals surface area contributed by atoms with E-state index in [0.717, 1.165) is 5.69 Å². The van der Waals surface area contributed by atoms with Gasteiger partial charge in [-0.1, -0.05) is 11.6 Å². The lowest BCUT2D eigenvalue weighted by Gasteiger charge is -1.98. The summed E-state index contributed by atoms with van der Waals surface area (Å²) in [4.78, 5) is 16.6. The van der Waals surface area contributed by atoms with Gasteiger partial charge in [-0.05, 0) is 35.8 Å². The third-order valence-electron chi connectivity index (χ3n) is 2.17. The van der Waals surface area contributed by atoms with Crippen LogP contribution < -0.4 is 10.5 Å². The average Bonchev–Trinajstić information content (AvgIpc) is 2.57. The molecule has 0 aliphatic heterocycles. The zero-order chi connectivity index (χ0) is 11.7. The molecular weight excluding hydrogens is 246 g/mol. The van der Waals surface area contributed by atoms with Crippen LogP contribution in [0.25, 0.3) is 5.69 Å². The fourth-order valence-electron chi connectivity index (χ4n) is 1.33. The molecule has 0 fully saturated rings. The Bertz CT molecular complexity index is 621. The maximum absolute atomic E-state index is 11.9. The highest BCUT2D eigenvalue weighted by Gasteiger charge is 2.06. The van der Waals surface area contributed by atoms with Gasteiger partial charge in [0.15, 0.2) is 0 Å². The maximum atomic E-state index is 11.9. The quantitative estimate of drug-likeness (QED) is 0.760. The van der Waals surface area contributed by atoms with E-state index < -0.39 is 0 Å². The van der Waals surface area contributed by atoms with Gasteiger partial charge in [0.25, 0.3) is 0 Å². The van der Waals surface area contributed by atoms with E-state index in [9.17, 15) is 4.79 Å². The second-order valence-electron chi connectivity index (χ2n) is 3.21. The molecule has 0 amide bonds. The topological polar surface area (TPSA) is 39.3 Å². The molecule has 0 aliphatic carbocycles. The molecule has 2 aromatic rings. The van der Waals surface area contributed by atoms with Gasteiger partial charge in [0.05, 0.1) is 5.69 Å². The maximum Gasteiger partial charge on any atom is 0.344 e. The van der Waals surface area contributed by atoms with Crippen molar-refractivity contribution in [3.63, 3.8) is 0 Å². The number of benzene rings is 1. The van der Waals surface area contributed by atoms with Crippen LogP contribution in [0.3, 0.4) is 0 Å². The van der Waals surface area contributed by atoms with Crippen molar-refractivity contribution in [2.45, 2.75) is 0 Å². The van der Waals surface area contributed by atoms with E-state index in [1.54, 1.807) is 42.3 Å². The van der Waals surface area contributed by atoms with Crippen molar-refractivity contribution in [2.24, 2.45) is 12.0 Å². The van der Waals surface area contributed by atoms with Crippen LogP contribution in [-0.4, -0.2) is 15.6 Å². The van der Waals surface area contributed by atoms with Gasteiger partial charge in [-0.15, -0.1) is 0 Å². The normalized spacial score (nSPS) is 12.1. The van der Waals surface area contributed by atoms with E-state index in [1.165, 1.54) is 16.1 Å². The fraction of sp³-hybridized carbons (Fsp3) is 0.200. The molecule has 1 heterocycles. The van der Waals surface area contributed by atoms with Crippen molar-refractivity contribution >= 4 is 23.1 Å². The molecule has 0 radical (unpaired) electrons. The Labute approximate surface area is 101 Å². The second-order valence-corrected chi connectivity index (χ2v) is 4.56. The molecule has 2 rings (SSSR count). The van der Waals surface area contributed by atoms with Crippen molar-refractivity contribution in [2.75, 3.05) is 7.05 Å². The van der Waals surface area contributed by atoms with Gasteiger partial charge in [0.1, 0.15) is 0 Å². The van der Waals surface area contributed by atoms with Crippen molar-refractivity contribution in [3.8, 4) is 5.69 Å². The minimum Gasteiger partial charge on any atom is -0.271 e. The summed E-state index contributed by atoms with van der Waals surface area (Å²) >= 11 is 7.10. The van der Waals surface area contributed by atoms with E-state index >= 15 is 0 Å². The van der Waals surface area contributed by atoms with E-state index in [0.29, 0.717) is 9.82 Å². The predicted octanol–water partition coefficient (Wildman–Crippen LogP) is 1.42. The van der Waals surface area contributed by atoms with Crippen molar-refractivity contribution < 1.29 is 0 Å². The van der Waals surface area contributed by atoms with Crippen molar-refractivity contribution in [1.29, 1.82) is 0 Å². The molecule has 0 N–H and O–H groups in total. The molecule has 0 aliphatic rings. The van der Waals surface area contributed by atoms with Gasteiger partial charge in [0, 0.05) is 19.1 Å². The SMILES string of the molecule is CN=c1sn(-c2ccc(Cl)cc2)c(=O)n1C. The van der Waals surface area contributed by atoms with Crippen LogP contribution in [0.5, 0.6) is 0 Å². The highest BCUT2D eigenvalue weighted by Crippen LogP contribution is 2.12. The van der Waals surface area contributed by atoms with E-state index in [-0.39, 0.29) is 5.69 Å². The lowest BCUT2D eigenvalue weighted by atomic mass is 10.3. The first-order valence-electron chi connectivity index (χ1n) is 4.61. The first kappa shape index (κ1) is 11.2. The van der Waals surface area contributed by atoms with Gasteiger partial charge in [-0.3, -0.25) is 9.56 Å². The van der Waals surface area contributed by atoms with Crippen LogP contribution >= 0.6 is 23.1 Å². The lowest BCUT2D eigenvalue weighted by Crippen LogP contribution is -2.25. The number of rotatable bonds is 1. The third-order valence-corrected chi connectivity index (χ3v) is 3.59. The Morgan fingerprint density at radius 1 is 1.31 bits per heavy atom. The van der Waals surface area contributed by atoms with Crippen LogP contribution in [0.15, 0.2) is 34.1 Å².